The van der Waals surface area contributed by atoms with E-state index < -0.39 is 20.2 Å². The minimum Gasteiger partial charge on any atom is -0.379 e. The van der Waals surface area contributed by atoms with Crippen LogP contribution in [0.1, 0.15) is 12.8 Å². The largest absolute Gasteiger partial charge is 0.379 e. The Morgan fingerprint density at radius 3 is 2.07 bits per heavy atom. The van der Waals surface area contributed by atoms with Crippen LogP contribution in [0.25, 0.3) is 0 Å². The number of hydrogen-bond acceptors (Lipinski definition) is 6. The lowest BCUT2D eigenvalue weighted by atomic mass is 9.97. The molecule has 0 aromatic heterocycles. The van der Waals surface area contributed by atoms with Crippen molar-refractivity contribution in [1.82, 2.24) is 12.9 Å². The van der Waals surface area contributed by atoms with Gasteiger partial charge in [0, 0.05) is 51.9 Å². The van der Waals surface area contributed by atoms with Crippen molar-refractivity contribution < 1.29 is 26.4 Å². The Morgan fingerprint density at radius 2 is 1.53 bits per heavy atom. The van der Waals surface area contributed by atoms with Gasteiger partial charge in [0.2, 0.25) is 15.9 Å². The number of hydrogen-bond donors (Lipinski definition) is 1. The molecule has 1 aromatic carbocycles. The second-order valence-electron chi connectivity index (χ2n) is 7.49. The average Bonchev–Trinajstić information content (AvgIpc) is 2.74. The standard InChI is InChI=1S/C18H28N4O6S2/c1-20(2)30(26,27)22-9-7-15(8-10-22)18(23)19-16-3-5-17(6-4-16)29(24,25)21-11-13-28-14-12-21/h3-6,15H,7-14H2,1-2H3,(H,19,23). The summed E-state index contributed by atoms with van der Waals surface area (Å²) in [5.41, 5.74) is 0.504. The van der Waals surface area contributed by atoms with Gasteiger partial charge in [-0.05, 0) is 37.1 Å². The molecule has 30 heavy (non-hydrogen) atoms. The smallest absolute Gasteiger partial charge is 0.281 e. The zero-order valence-corrected chi connectivity index (χ0v) is 18.8. The summed E-state index contributed by atoms with van der Waals surface area (Å²) in [6, 6.07) is 6.09. The highest BCUT2D eigenvalue weighted by molar-refractivity contribution is 7.89. The first-order valence-electron chi connectivity index (χ1n) is 9.79. The van der Waals surface area contributed by atoms with Gasteiger partial charge in [0.25, 0.3) is 10.2 Å². The van der Waals surface area contributed by atoms with Crippen molar-refractivity contribution in [2.24, 2.45) is 5.92 Å². The summed E-state index contributed by atoms with van der Waals surface area (Å²) in [4.78, 5) is 12.7. The van der Waals surface area contributed by atoms with E-state index in [1.807, 2.05) is 0 Å². The predicted octanol–water partition coefficient (Wildman–Crippen LogP) is 0.164. The van der Waals surface area contributed by atoms with E-state index in [9.17, 15) is 21.6 Å². The lowest BCUT2D eigenvalue weighted by molar-refractivity contribution is -0.120. The number of carbonyl (C=O) groups excluding carboxylic acids is 1. The lowest BCUT2D eigenvalue weighted by Crippen LogP contribution is -2.46. The van der Waals surface area contributed by atoms with Crippen molar-refractivity contribution in [2.75, 3.05) is 58.8 Å². The molecule has 12 heteroatoms. The zero-order valence-electron chi connectivity index (χ0n) is 17.2. The molecule has 0 saturated carbocycles. The highest BCUT2D eigenvalue weighted by Gasteiger charge is 2.32. The van der Waals surface area contributed by atoms with Crippen LogP contribution in [0.2, 0.25) is 0 Å². The number of amides is 1. The predicted molar refractivity (Wildman–Crippen MR) is 112 cm³/mol. The van der Waals surface area contributed by atoms with Crippen molar-refractivity contribution in [3.05, 3.63) is 24.3 Å². The van der Waals surface area contributed by atoms with Crippen molar-refractivity contribution >= 4 is 31.8 Å². The van der Waals surface area contributed by atoms with Gasteiger partial charge in [-0.25, -0.2) is 8.42 Å². The van der Waals surface area contributed by atoms with E-state index in [-0.39, 0.29) is 29.8 Å². The number of nitrogens with one attached hydrogen (secondary N) is 1. The monoisotopic (exact) mass is 460 g/mol. The number of rotatable bonds is 6. The van der Waals surface area contributed by atoms with E-state index in [2.05, 4.69) is 5.32 Å². The first-order valence-corrected chi connectivity index (χ1v) is 12.6. The van der Waals surface area contributed by atoms with Gasteiger partial charge in [-0.2, -0.15) is 21.3 Å². The van der Waals surface area contributed by atoms with Gasteiger partial charge in [-0.3, -0.25) is 4.79 Å². The van der Waals surface area contributed by atoms with Gasteiger partial charge in [0.05, 0.1) is 18.1 Å². The van der Waals surface area contributed by atoms with Crippen LogP contribution >= 0.6 is 0 Å². The Bertz CT molecular complexity index is 949. The molecule has 2 heterocycles. The fourth-order valence-electron chi connectivity index (χ4n) is 3.47. The summed E-state index contributed by atoms with van der Waals surface area (Å²) >= 11 is 0. The molecule has 2 saturated heterocycles. The molecule has 1 aromatic rings. The van der Waals surface area contributed by atoms with Gasteiger partial charge in [-0.15, -0.1) is 0 Å². The van der Waals surface area contributed by atoms with Crippen LogP contribution in [0.3, 0.4) is 0 Å². The van der Waals surface area contributed by atoms with Crippen LogP contribution in [0.15, 0.2) is 29.2 Å². The van der Waals surface area contributed by atoms with Crippen LogP contribution in [0.5, 0.6) is 0 Å². The van der Waals surface area contributed by atoms with Gasteiger partial charge in [0.15, 0.2) is 0 Å². The number of morpholine rings is 1. The van der Waals surface area contributed by atoms with Crippen molar-refractivity contribution in [3.8, 4) is 0 Å². The molecule has 2 aliphatic rings. The summed E-state index contributed by atoms with van der Waals surface area (Å²) in [5.74, 6) is -0.490. The van der Waals surface area contributed by atoms with Crippen molar-refractivity contribution in [2.45, 2.75) is 17.7 Å². The minimum atomic E-state index is -3.58. The fraction of sp³-hybridized carbons (Fsp3) is 0.611. The molecule has 10 nitrogen and oxygen atoms in total. The lowest BCUT2D eigenvalue weighted by Gasteiger charge is -2.32. The molecule has 1 amide bonds. The highest BCUT2D eigenvalue weighted by atomic mass is 32.2. The summed E-state index contributed by atoms with van der Waals surface area (Å²) in [6.45, 7) is 1.97. The normalized spacial score (nSPS) is 20.4. The maximum absolute atomic E-state index is 12.7. The van der Waals surface area contributed by atoms with Crippen LogP contribution in [-0.2, 0) is 29.8 Å². The van der Waals surface area contributed by atoms with E-state index in [1.54, 1.807) is 12.1 Å². The number of benzene rings is 1. The Balaban J connectivity index is 1.58. The van der Waals surface area contributed by atoms with Crippen molar-refractivity contribution in [1.29, 1.82) is 0 Å². The molecule has 0 unspecified atom stereocenters. The molecule has 2 aliphatic heterocycles. The number of piperidine rings is 1. The van der Waals surface area contributed by atoms with E-state index >= 15 is 0 Å². The molecule has 168 valence electrons. The average molecular weight is 461 g/mol. The summed E-state index contributed by atoms with van der Waals surface area (Å²) in [6.07, 6.45) is 0.866. The molecule has 0 spiro atoms. The zero-order chi connectivity index (χ0) is 21.9. The van der Waals surface area contributed by atoms with Crippen molar-refractivity contribution in [3.63, 3.8) is 0 Å². The van der Waals surface area contributed by atoms with Gasteiger partial charge < -0.3 is 10.1 Å². The molecule has 3 rings (SSSR count). The SMILES string of the molecule is CN(C)S(=O)(=O)N1CCC(C(=O)Nc2ccc(S(=O)(=O)N3CCOCC3)cc2)CC1. The third-order valence-corrected chi connectivity index (χ3v) is 9.20. The molecule has 2 fully saturated rings. The molecule has 0 bridgehead atoms. The third-order valence-electron chi connectivity index (χ3n) is 5.34. The van der Waals surface area contributed by atoms with Gasteiger partial charge >= 0.3 is 0 Å². The first kappa shape index (κ1) is 23.1. The maximum atomic E-state index is 12.7. The van der Waals surface area contributed by atoms with Crippen LogP contribution < -0.4 is 5.32 Å². The topological polar surface area (TPSA) is 116 Å². The Hall–Kier alpha value is -1.57. The second kappa shape index (κ2) is 9.28. The summed E-state index contributed by atoms with van der Waals surface area (Å²) in [7, 11) is -4.08. The minimum absolute atomic E-state index is 0.171. The Kier molecular flexibility index (Phi) is 7.15. The second-order valence-corrected chi connectivity index (χ2v) is 11.6. The molecular formula is C18H28N4O6S2. The van der Waals surface area contributed by atoms with E-state index in [4.69, 9.17) is 4.74 Å². The van der Waals surface area contributed by atoms with E-state index in [1.165, 1.54) is 39.1 Å². The molecular weight excluding hydrogens is 432 g/mol. The van der Waals surface area contributed by atoms with E-state index in [0.29, 0.717) is 44.8 Å². The quantitative estimate of drug-likeness (QED) is 0.647. The fourth-order valence-corrected chi connectivity index (χ4v) is 6.01. The number of carbonyl (C=O) groups is 1. The van der Waals surface area contributed by atoms with E-state index in [0.717, 1.165) is 0 Å². The number of ether oxygens (including phenoxy) is 1. The highest BCUT2D eigenvalue weighted by Crippen LogP contribution is 2.23. The molecule has 1 N–H and O–H groups in total. The summed E-state index contributed by atoms with van der Waals surface area (Å²) in [5, 5.41) is 2.80. The Morgan fingerprint density at radius 1 is 0.967 bits per heavy atom. The van der Waals surface area contributed by atoms with Crippen LogP contribution in [-0.4, -0.2) is 89.1 Å². The van der Waals surface area contributed by atoms with Gasteiger partial charge in [-0.1, -0.05) is 0 Å². The summed E-state index contributed by atoms with van der Waals surface area (Å²) < 4.78 is 58.8. The molecule has 0 atom stereocenters. The van der Waals surface area contributed by atoms with Gasteiger partial charge in [0.1, 0.15) is 0 Å². The number of sulfonamides is 1. The number of nitrogens with zero attached hydrogens (tertiary/aromatic N) is 3. The Labute approximate surface area is 178 Å². The number of anilines is 1. The van der Waals surface area contributed by atoms with Crippen LogP contribution in [0.4, 0.5) is 5.69 Å². The molecule has 0 radical (unpaired) electrons. The maximum Gasteiger partial charge on any atom is 0.281 e. The first-order chi connectivity index (χ1) is 14.1. The van der Waals surface area contributed by atoms with Crippen LogP contribution in [0, 0.1) is 5.92 Å². The molecule has 0 aliphatic carbocycles. The third kappa shape index (κ3) is 5.01.